The van der Waals surface area contributed by atoms with Crippen molar-refractivity contribution in [1.82, 2.24) is 4.98 Å². The van der Waals surface area contributed by atoms with E-state index in [1.807, 2.05) is 37.3 Å². The molecule has 1 atom stereocenters. The second kappa shape index (κ2) is 10.5. The summed E-state index contributed by atoms with van der Waals surface area (Å²) in [7, 11) is 0. The van der Waals surface area contributed by atoms with Gasteiger partial charge in [-0.2, -0.15) is 0 Å². The van der Waals surface area contributed by atoms with Crippen molar-refractivity contribution in [2.24, 2.45) is 0 Å². The van der Waals surface area contributed by atoms with E-state index in [0.29, 0.717) is 17.1 Å². The van der Waals surface area contributed by atoms with Crippen LogP contribution in [0.5, 0.6) is 0 Å². The summed E-state index contributed by atoms with van der Waals surface area (Å²) in [4.78, 5) is 29.7. The normalized spacial score (nSPS) is 11.7. The smallest absolute Gasteiger partial charge is 0.239 e. The molecule has 3 aromatic rings. The molecule has 1 heterocycles. The van der Waals surface area contributed by atoms with Crippen LogP contribution in [0.2, 0.25) is 0 Å². The molecule has 0 aliphatic heterocycles. The Balaban J connectivity index is 1.46. The van der Waals surface area contributed by atoms with Crippen LogP contribution in [0, 0.1) is 19.7 Å². The Bertz CT molecular complexity index is 1070. The lowest BCUT2D eigenvalue weighted by Gasteiger charge is -2.11. The molecule has 0 aliphatic carbocycles. The summed E-state index contributed by atoms with van der Waals surface area (Å²) in [6, 6.07) is 12.7. The lowest BCUT2D eigenvalue weighted by molar-refractivity contribution is -0.115. The number of thioether (sulfide) groups is 1. The highest BCUT2D eigenvalue weighted by atomic mass is 32.2. The number of carbonyl (C=O) groups is 2. The highest BCUT2D eigenvalue weighted by Crippen LogP contribution is 2.23. The summed E-state index contributed by atoms with van der Waals surface area (Å²) >= 11 is 2.61. The maximum absolute atomic E-state index is 13.7. The van der Waals surface area contributed by atoms with E-state index in [2.05, 4.69) is 15.6 Å². The van der Waals surface area contributed by atoms with Crippen LogP contribution < -0.4 is 10.6 Å². The highest BCUT2D eigenvalue weighted by molar-refractivity contribution is 8.01. The third-order valence-electron chi connectivity index (χ3n) is 4.57. The van der Waals surface area contributed by atoms with Crippen molar-refractivity contribution in [1.29, 1.82) is 0 Å². The van der Waals surface area contributed by atoms with E-state index in [4.69, 9.17) is 0 Å². The molecule has 0 bridgehead atoms. The van der Waals surface area contributed by atoms with E-state index in [1.54, 1.807) is 26.1 Å². The molecular weight excluding hydrogens is 433 g/mol. The second-order valence-corrected chi connectivity index (χ2v) is 9.69. The van der Waals surface area contributed by atoms with Crippen LogP contribution in [0.3, 0.4) is 0 Å². The van der Waals surface area contributed by atoms with Gasteiger partial charge in [0.2, 0.25) is 11.8 Å². The summed E-state index contributed by atoms with van der Waals surface area (Å²) in [5.41, 5.74) is 3.32. The topological polar surface area (TPSA) is 71.1 Å². The molecule has 3 rings (SSSR count). The summed E-state index contributed by atoms with van der Waals surface area (Å²) in [6.07, 6.45) is 2.24. The van der Waals surface area contributed by atoms with Crippen molar-refractivity contribution in [3.05, 3.63) is 76.0 Å². The Kier molecular flexibility index (Phi) is 7.81. The van der Waals surface area contributed by atoms with Crippen LogP contribution in [0.15, 0.2) is 48.7 Å². The molecule has 1 unspecified atom stereocenters. The minimum Gasteiger partial charge on any atom is -0.325 e. The fourth-order valence-electron chi connectivity index (χ4n) is 2.71. The summed E-state index contributed by atoms with van der Waals surface area (Å²) in [5.74, 6) is -0.427. The summed E-state index contributed by atoms with van der Waals surface area (Å²) in [6.45, 7) is 5.46. The molecule has 0 aliphatic rings. The largest absolute Gasteiger partial charge is 0.325 e. The number of hydrogen-bond donors (Lipinski definition) is 2. The quantitative estimate of drug-likeness (QED) is 0.488. The zero-order chi connectivity index (χ0) is 22.4. The maximum Gasteiger partial charge on any atom is 0.239 e. The Morgan fingerprint density at radius 3 is 2.58 bits per heavy atom. The van der Waals surface area contributed by atoms with Crippen molar-refractivity contribution in [3.63, 3.8) is 0 Å². The molecule has 2 aromatic carbocycles. The van der Waals surface area contributed by atoms with Crippen LogP contribution in [0.1, 0.15) is 28.5 Å². The molecule has 1 aromatic heterocycles. The van der Waals surface area contributed by atoms with Gasteiger partial charge >= 0.3 is 0 Å². The Labute approximate surface area is 189 Å². The van der Waals surface area contributed by atoms with Crippen molar-refractivity contribution in [3.8, 4) is 0 Å². The summed E-state index contributed by atoms with van der Waals surface area (Å²) in [5, 5.41) is 5.68. The average Bonchev–Trinajstić information content (AvgIpc) is 3.17. The number of aromatic nitrogens is 1. The molecule has 0 fully saturated rings. The third-order valence-corrected chi connectivity index (χ3v) is 6.62. The van der Waals surface area contributed by atoms with E-state index < -0.39 is 5.25 Å². The molecular formula is C23H24FN3O2S2. The van der Waals surface area contributed by atoms with Crippen LogP contribution in [-0.2, 0) is 16.0 Å². The predicted octanol–water partition coefficient (Wildman–Crippen LogP) is 5.19. The van der Waals surface area contributed by atoms with Gasteiger partial charge in [-0.15, -0.1) is 23.1 Å². The number of benzene rings is 2. The number of anilines is 2. The first-order chi connectivity index (χ1) is 14.8. The maximum atomic E-state index is 13.7. The Hall–Kier alpha value is -2.71. The third kappa shape index (κ3) is 6.90. The lowest BCUT2D eigenvalue weighted by Crippen LogP contribution is -2.24. The number of halogens is 1. The second-order valence-electron chi connectivity index (χ2n) is 7.25. The Morgan fingerprint density at radius 2 is 1.87 bits per heavy atom. The Morgan fingerprint density at radius 1 is 1.13 bits per heavy atom. The monoisotopic (exact) mass is 457 g/mol. The van der Waals surface area contributed by atoms with Gasteiger partial charge < -0.3 is 10.6 Å². The minimum absolute atomic E-state index is 0.157. The van der Waals surface area contributed by atoms with Crippen molar-refractivity contribution >= 4 is 45.7 Å². The molecule has 0 saturated carbocycles. The predicted molar refractivity (Wildman–Crippen MR) is 126 cm³/mol. The minimum atomic E-state index is -0.415. The number of amides is 2. The number of carbonyl (C=O) groups excluding carboxylic acids is 2. The van der Waals surface area contributed by atoms with Gasteiger partial charge in [0.25, 0.3) is 0 Å². The molecule has 2 amide bonds. The molecule has 162 valence electrons. The van der Waals surface area contributed by atoms with Gasteiger partial charge in [0, 0.05) is 23.2 Å². The number of hydrogen-bond acceptors (Lipinski definition) is 5. The van der Waals surface area contributed by atoms with Gasteiger partial charge in [-0.1, -0.05) is 29.8 Å². The van der Waals surface area contributed by atoms with Crippen molar-refractivity contribution < 1.29 is 14.0 Å². The fraction of sp³-hybridized carbons (Fsp3) is 0.261. The van der Waals surface area contributed by atoms with Crippen LogP contribution in [-0.4, -0.2) is 27.8 Å². The first-order valence-electron chi connectivity index (χ1n) is 9.79. The first kappa shape index (κ1) is 23.0. The zero-order valence-corrected chi connectivity index (χ0v) is 19.2. The number of aryl methyl sites for hydroxylation is 2. The molecule has 2 N–H and O–H groups in total. The van der Waals surface area contributed by atoms with E-state index in [0.717, 1.165) is 21.7 Å². The first-order valence-corrected chi connectivity index (χ1v) is 11.7. The fourth-order valence-corrected chi connectivity index (χ4v) is 4.25. The van der Waals surface area contributed by atoms with Gasteiger partial charge in [0.05, 0.1) is 11.0 Å². The zero-order valence-electron chi connectivity index (χ0n) is 17.6. The van der Waals surface area contributed by atoms with E-state index in [1.165, 1.54) is 29.2 Å². The SMILES string of the molecule is Cc1ccc(NC(=O)CSC(C)C(=O)Nc2ncc(Cc3ccc(C)c(F)c3)s2)cc1. The molecule has 0 saturated heterocycles. The lowest BCUT2D eigenvalue weighted by atomic mass is 10.1. The van der Waals surface area contributed by atoms with Gasteiger partial charge in [-0.25, -0.2) is 9.37 Å². The number of thiazole rings is 1. The van der Waals surface area contributed by atoms with Gasteiger partial charge in [-0.3, -0.25) is 9.59 Å². The van der Waals surface area contributed by atoms with Gasteiger partial charge in [0.1, 0.15) is 5.82 Å². The molecule has 31 heavy (non-hydrogen) atoms. The molecule has 5 nitrogen and oxygen atoms in total. The van der Waals surface area contributed by atoms with Crippen molar-refractivity contribution in [2.45, 2.75) is 32.4 Å². The molecule has 0 spiro atoms. The standard InChI is InChI=1S/C23H24FN3O2S2/c1-14-4-8-18(9-5-14)26-21(28)13-30-16(3)22(29)27-23-25-12-19(31-23)10-17-7-6-15(2)20(24)11-17/h4-9,11-12,16H,10,13H2,1-3H3,(H,26,28)(H,25,27,29). The number of nitrogens with one attached hydrogen (secondary N) is 2. The molecule has 8 heteroatoms. The summed E-state index contributed by atoms with van der Waals surface area (Å²) < 4.78 is 13.7. The number of rotatable bonds is 8. The van der Waals surface area contributed by atoms with E-state index in [-0.39, 0.29) is 23.4 Å². The van der Waals surface area contributed by atoms with Crippen LogP contribution in [0.4, 0.5) is 15.2 Å². The van der Waals surface area contributed by atoms with Gasteiger partial charge in [0.15, 0.2) is 5.13 Å². The van der Waals surface area contributed by atoms with Crippen LogP contribution in [0.25, 0.3) is 0 Å². The molecule has 0 radical (unpaired) electrons. The number of nitrogens with zero attached hydrogens (tertiary/aromatic N) is 1. The van der Waals surface area contributed by atoms with E-state index >= 15 is 0 Å². The van der Waals surface area contributed by atoms with Gasteiger partial charge in [-0.05, 0) is 50.1 Å². The highest BCUT2D eigenvalue weighted by Gasteiger charge is 2.17. The van der Waals surface area contributed by atoms with E-state index in [9.17, 15) is 14.0 Å². The average molecular weight is 458 g/mol. The van der Waals surface area contributed by atoms with Crippen molar-refractivity contribution in [2.75, 3.05) is 16.4 Å². The van der Waals surface area contributed by atoms with Crippen LogP contribution >= 0.6 is 23.1 Å².